The van der Waals surface area contributed by atoms with Crippen molar-refractivity contribution in [3.63, 3.8) is 0 Å². The van der Waals surface area contributed by atoms with Crippen LogP contribution in [0.4, 0.5) is 0 Å². The summed E-state index contributed by atoms with van der Waals surface area (Å²) in [6.45, 7) is 4.53. The highest BCUT2D eigenvalue weighted by atomic mass is 16.5. The molecule has 0 amide bonds. The normalized spacial score (nSPS) is 10.3. The molecule has 0 N–H and O–H groups in total. The van der Waals surface area contributed by atoms with Crippen LogP contribution in [-0.4, -0.2) is 19.7 Å². The topological polar surface area (TPSA) is 44.8 Å². The molecule has 138 valence electrons. The molecule has 4 heteroatoms. The first-order valence-electron chi connectivity index (χ1n) is 8.81. The second-order valence-corrected chi connectivity index (χ2v) is 6.06. The third-order valence-electron chi connectivity index (χ3n) is 4.20. The Morgan fingerprint density at radius 1 is 0.852 bits per heavy atom. The summed E-state index contributed by atoms with van der Waals surface area (Å²) in [6, 6.07) is 20.5. The molecule has 0 radical (unpaired) electrons. The molecule has 0 unspecified atom stereocenters. The van der Waals surface area contributed by atoms with Gasteiger partial charge in [0.15, 0.2) is 0 Å². The quantitative estimate of drug-likeness (QED) is 0.441. The van der Waals surface area contributed by atoms with Gasteiger partial charge >= 0.3 is 5.97 Å². The first kappa shape index (κ1) is 18.5. The predicted octanol–water partition coefficient (Wildman–Crippen LogP) is 5.29. The van der Waals surface area contributed by atoms with Crippen molar-refractivity contribution in [2.24, 2.45) is 0 Å². The summed E-state index contributed by atoms with van der Waals surface area (Å²) < 4.78 is 16.1. The van der Waals surface area contributed by atoms with Crippen LogP contribution in [0.25, 0.3) is 11.1 Å². The SMILES string of the molecule is CCOc1ccc(-c2ccc(OC(=O)c3ccc(OC)cc3)c(C)c2)cc1. The highest BCUT2D eigenvalue weighted by Gasteiger charge is 2.11. The molecular formula is C23H22O4. The fourth-order valence-corrected chi connectivity index (χ4v) is 2.74. The average molecular weight is 362 g/mol. The number of carbonyl (C=O) groups excluding carboxylic acids is 1. The van der Waals surface area contributed by atoms with Crippen LogP contribution in [0, 0.1) is 6.92 Å². The van der Waals surface area contributed by atoms with Crippen LogP contribution in [0.1, 0.15) is 22.8 Å². The van der Waals surface area contributed by atoms with Gasteiger partial charge in [0.2, 0.25) is 0 Å². The summed E-state index contributed by atoms with van der Waals surface area (Å²) in [4.78, 5) is 12.3. The molecule has 0 aromatic heterocycles. The standard InChI is InChI=1S/C23H22O4/c1-4-26-21-12-5-17(6-13-21)19-9-14-22(16(2)15-19)27-23(24)18-7-10-20(25-3)11-8-18/h5-15H,4H2,1-3H3. The van der Waals surface area contributed by atoms with Gasteiger partial charge in [0.05, 0.1) is 19.3 Å². The summed E-state index contributed by atoms with van der Waals surface area (Å²) in [5.41, 5.74) is 3.50. The van der Waals surface area contributed by atoms with Crippen LogP contribution in [0.2, 0.25) is 0 Å². The zero-order chi connectivity index (χ0) is 19.2. The first-order valence-corrected chi connectivity index (χ1v) is 8.81. The Hall–Kier alpha value is -3.27. The number of methoxy groups -OCH3 is 1. The van der Waals surface area contributed by atoms with Gasteiger partial charge in [-0.1, -0.05) is 18.2 Å². The summed E-state index contributed by atoms with van der Waals surface area (Å²) in [6.07, 6.45) is 0. The molecule has 3 rings (SSSR count). The van der Waals surface area contributed by atoms with Crippen molar-refractivity contribution in [1.82, 2.24) is 0 Å². The molecular weight excluding hydrogens is 340 g/mol. The first-order chi connectivity index (χ1) is 13.1. The van der Waals surface area contributed by atoms with E-state index in [1.165, 1.54) is 0 Å². The lowest BCUT2D eigenvalue weighted by atomic mass is 10.0. The minimum Gasteiger partial charge on any atom is -0.497 e. The van der Waals surface area contributed by atoms with Crippen LogP contribution < -0.4 is 14.2 Å². The fraction of sp³-hybridized carbons (Fsp3) is 0.174. The van der Waals surface area contributed by atoms with E-state index in [2.05, 4.69) is 0 Å². The molecule has 0 aliphatic heterocycles. The smallest absolute Gasteiger partial charge is 0.343 e. The van der Waals surface area contributed by atoms with E-state index < -0.39 is 5.97 Å². The maximum absolute atomic E-state index is 12.3. The average Bonchev–Trinajstić information content (AvgIpc) is 2.70. The van der Waals surface area contributed by atoms with Gasteiger partial charge < -0.3 is 14.2 Å². The second-order valence-electron chi connectivity index (χ2n) is 6.06. The number of rotatable bonds is 6. The monoisotopic (exact) mass is 362 g/mol. The lowest BCUT2D eigenvalue weighted by Crippen LogP contribution is -2.09. The molecule has 3 aromatic rings. The van der Waals surface area contributed by atoms with Crippen LogP contribution in [0.3, 0.4) is 0 Å². The van der Waals surface area contributed by atoms with Gasteiger partial charge in [0, 0.05) is 0 Å². The Bertz CT molecular complexity index is 912. The molecule has 4 nitrogen and oxygen atoms in total. The Morgan fingerprint density at radius 3 is 2.07 bits per heavy atom. The Kier molecular flexibility index (Phi) is 5.77. The predicted molar refractivity (Wildman–Crippen MR) is 106 cm³/mol. The maximum atomic E-state index is 12.3. The Labute approximate surface area is 159 Å². The third-order valence-corrected chi connectivity index (χ3v) is 4.20. The molecule has 27 heavy (non-hydrogen) atoms. The van der Waals surface area contributed by atoms with Crippen LogP contribution in [-0.2, 0) is 0 Å². The van der Waals surface area contributed by atoms with Gasteiger partial charge in [0.25, 0.3) is 0 Å². The largest absolute Gasteiger partial charge is 0.497 e. The highest BCUT2D eigenvalue weighted by Crippen LogP contribution is 2.28. The van der Waals surface area contributed by atoms with E-state index in [1.54, 1.807) is 31.4 Å². The maximum Gasteiger partial charge on any atom is 0.343 e. The van der Waals surface area contributed by atoms with E-state index in [0.29, 0.717) is 23.7 Å². The number of carbonyl (C=O) groups is 1. The van der Waals surface area contributed by atoms with Crippen LogP contribution in [0.15, 0.2) is 66.7 Å². The van der Waals surface area contributed by atoms with E-state index in [9.17, 15) is 4.79 Å². The molecule has 0 spiro atoms. The lowest BCUT2D eigenvalue weighted by molar-refractivity contribution is 0.0733. The molecule has 0 heterocycles. The van der Waals surface area contributed by atoms with Gasteiger partial charge in [-0.3, -0.25) is 0 Å². The van der Waals surface area contributed by atoms with Crippen molar-refractivity contribution in [1.29, 1.82) is 0 Å². The molecule has 3 aromatic carbocycles. The molecule has 0 atom stereocenters. The van der Waals surface area contributed by atoms with E-state index in [1.807, 2.05) is 56.3 Å². The van der Waals surface area contributed by atoms with Gasteiger partial charge in [-0.25, -0.2) is 4.79 Å². The van der Waals surface area contributed by atoms with Crippen LogP contribution >= 0.6 is 0 Å². The van der Waals surface area contributed by atoms with Gasteiger partial charge in [-0.15, -0.1) is 0 Å². The molecule has 0 saturated heterocycles. The summed E-state index contributed by atoms with van der Waals surface area (Å²) in [5, 5.41) is 0. The van der Waals surface area contributed by atoms with E-state index in [4.69, 9.17) is 14.2 Å². The summed E-state index contributed by atoms with van der Waals surface area (Å²) >= 11 is 0. The zero-order valence-corrected chi connectivity index (χ0v) is 15.7. The van der Waals surface area contributed by atoms with Crippen molar-refractivity contribution in [3.05, 3.63) is 77.9 Å². The van der Waals surface area contributed by atoms with E-state index in [0.717, 1.165) is 22.4 Å². The van der Waals surface area contributed by atoms with Crippen molar-refractivity contribution >= 4 is 5.97 Å². The van der Waals surface area contributed by atoms with Crippen molar-refractivity contribution < 1.29 is 19.0 Å². The van der Waals surface area contributed by atoms with Gasteiger partial charge in [-0.2, -0.15) is 0 Å². The minimum atomic E-state index is -0.394. The molecule has 0 fully saturated rings. The summed E-state index contributed by atoms with van der Waals surface area (Å²) in [5.74, 6) is 1.70. The number of benzene rings is 3. The van der Waals surface area contributed by atoms with E-state index in [-0.39, 0.29) is 0 Å². The Morgan fingerprint density at radius 2 is 1.48 bits per heavy atom. The minimum absolute atomic E-state index is 0.394. The highest BCUT2D eigenvalue weighted by molar-refractivity contribution is 5.91. The van der Waals surface area contributed by atoms with Gasteiger partial charge in [-0.05, 0) is 79.1 Å². The zero-order valence-electron chi connectivity index (χ0n) is 15.7. The van der Waals surface area contributed by atoms with Gasteiger partial charge in [0.1, 0.15) is 17.2 Å². The van der Waals surface area contributed by atoms with Crippen molar-refractivity contribution in [3.8, 4) is 28.4 Å². The number of aryl methyl sites for hydroxylation is 1. The lowest BCUT2D eigenvalue weighted by Gasteiger charge is -2.10. The molecule has 0 saturated carbocycles. The van der Waals surface area contributed by atoms with Crippen molar-refractivity contribution in [2.45, 2.75) is 13.8 Å². The Balaban J connectivity index is 1.74. The fourth-order valence-electron chi connectivity index (χ4n) is 2.74. The second kappa shape index (κ2) is 8.41. The number of esters is 1. The summed E-state index contributed by atoms with van der Waals surface area (Å²) in [7, 11) is 1.59. The molecule has 0 aliphatic carbocycles. The third kappa shape index (κ3) is 4.47. The number of hydrogen-bond acceptors (Lipinski definition) is 4. The number of hydrogen-bond donors (Lipinski definition) is 0. The molecule has 0 bridgehead atoms. The van der Waals surface area contributed by atoms with Crippen LogP contribution in [0.5, 0.6) is 17.2 Å². The van der Waals surface area contributed by atoms with Crippen molar-refractivity contribution in [2.75, 3.05) is 13.7 Å². The number of ether oxygens (including phenoxy) is 3. The molecule has 0 aliphatic rings. The van der Waals surface area contributed by atoms with E-state index >= 15 is 0 Å².